The Morgan fingerprint density at radius 1 is 1.13 bits per heavy atom. The molecule has 0 bridgehead atoms. The summed E-state index contributed by atoms with van der Waals surface area (Å²) in [6.07, 6.45) is -1.82. The van der Waals surface area contributed by atoms with Crippen LogP contribution in [0.3, 0.4) is 0 Å². The van der Waals surface area contributed by atoms with Crippen molar-refractivity contribution < 1.29 is 19.8 Å². The Labute approximate surface area is 87.1 Å². The minimum atomic E-state index is -0.910. The average molecular weight is 214 g/mol. The van der Waals surface area contributed by atoms with Gasteiger partial charge in [0.05, 0.1) is 0 Å². The van der Waals surface area contributed by atoms with Crippen LogP contribution in [0.2, 0.25) is 0 Å². The van der Waals surface area contributed by atoms with Crippen molar-refractivity contribution in [2.75, 3.05) is 26.2 Å². The van der Waals surface area contributed by atoms with Crippen LogP contribution in [-0.2, 0) is 0 Å². The molecule has 2 fully saturated rings. The molecular formula is C9H14N2O4. The van der Waals surface area contributed by atoms with Crippen LogP contribution < -0.4 is 0 Å². The first kappa shape index (κ1) is 10.1. The van der Waals surface area contributed by atoms with Crippen LogP contribution in [0.25, 0.3) is 0 Å². The standard InChI is InChI=1S/C9H14N2O4/c1-9-4-10(7(12)13)2-6(9)3-11(5-9)8(14)15/h6H,2-5H2,1H3,(H,12,13)(H,14,15). The van der Waals surface area contributed by atoms with Gasteiger partial charge in [0.2, 0.25) is 0 Å². The molecule has 0 aromatic carbocycles. The molecule has 0 atom stereocenters. The fraction of sp³-hybridized carbons (Fsp3) is 0.778. The lowest BCUT2D eigenvalue weighted by atomic mass is 9.83. The Morgan fingerprint density at radius 2 is 1.53 bits per heavy atom. The second kappa shape index (κ2) is 3.01. The molecule has 2 aliphatic rings. The van der Waals surface area contributed by atoms with Gasteiger partial charge in [0.1, 0.15) is 0 Å². The van der Waals surface area contributed by atoms with Crippen LogP contribution in [-0.4, -0.2) is 58.4 Å². The lowest BCUT2D eigenvalue weighted by Gasteiger charge is -2.22. The summed E-state index contributed by atoms with van der Waals surface area (Å²) in [6.45, 7) is 3.75. The molecule has 2 amide bonds. The largest absolute Gasteiger partial charge is 0.465 e. The van der Waals surface area contributed by atoms with Crippen LogP contribution in [0.1, 0.15) is 6.92 Å². The topological polar surface area (TPSA) is 81.1 Å². The molecule has 6 nitrogen and oxygen atoms in total. The average Bonchev–Trinajstić information content (AvgIpc) is 2.55. The van der Waals surface area contributed by atoms with Crippen molar-refractivity contribution in [1.82, 2.24) is 9.80 Å². The third-order valence-corrected chi connectivity index (χ3v) is 3.51. The highest BCUT2D eigenvalue weighted by Crippen LogP contribution is 2.41. The molecule has 0 aromatic heterocycles. The highest BCUT2D eigenvalue weighted by atomic mass is 16.4. The van der Waals surface area contributed by atoms with Gasteiger partial charge >= 0.3 is 12.2 Å². The number of rotatable bonds is 0. The summed E-state index contributed by atoms with van der Waals surface area (Å²) in [5.74, 6) is 0.143. The summed E-state index contributed by atoms with van der Waals surface area (Å²) < 4.78 is 0. The summed E-state index contributed by atoms with van der Waals surface area (Å²) in [5, 5.41) is 17.7. The van der Waals surface area contributed by atoms with Gasteiger partial charge in [-0.05, 0) is 0 Å². The van der Waals surface area contributed by atoms with Crippen molar-refractivity contribution in [2.24, 2.45) is 11.3 Å². The predicted molar refractivity (Wildman–Crippen MR) is 50.8 cm³/mol. The number of carbonyl (C=O) groups is 2. The highest BCUT2D eigenvalue weighted by Gasteiger charge is 2.51. The number of likely N-dealkylation sites (tertiary alicyclic amines) is 2. The molecule has 2 heterocycles. The van der Waals surface area contributed by atoms with E-state index < -0.39 is 12.2 Å². The molecule has 0 unspecified atom stereocenters. The highest BCUT2D eigenvalue weighted by molar-refractivity contribution is 5.67. The van der Waals surface area contributed by atoms with Gasteiger partial charge in [0.25, 0.3) is 0 Å². The van der Waals surface area contributed by atoms with E-state index >= 15 is 0 Å². The van der Waals surface area contributed by atoms with Gasteiger partial charge in [-0.1, -0.05) is 6.92 Å². The minimum Gasteiger partial charge on any atom is -0.465 e. The van der Waals surface area contributed by atoms with Crippen LogP contribution in [0.4, 0.5) is 9.59 Å². The van der Waals surface area contributed by atoms with E-state index in [9.17, 15) is 9.59 Å². The number of fused-ring (bicyclic) bond motifs is 1. The molecule has 2 aliphatic heterocycles. The Hall–Kier alpha value is -1.46. The third-order valence-electron chi connectivity index (χ3n) is 3.51. The molecule has 0 spiro atoms. The molecule has 15 heavy (non-hydrogen) atoms. The van der Waals surface area contributed by atoms with Crippen LogP contribution in [0.5, 0.6) is 0 Å². The number of carboxylic acid groups (broad SMARTS) is 2. The third kappa shape index (κ3) is 1.49. The van der Waals surface area contributed by atoms with Crippen molar-refractivity contribution >= 4 is 12.2 Å². The van der Waals surface area contributed by atoms with Crippen molar-refractivity contribution in [3.05, 3.63) is 0 Å². The van der Waals surface area contributed by atoms with Crippen molar-refractivity contribution in [1.29, 1.82) is 0 Å². The number of amides is 2. The zero-order valence-corrected chi connectivity index (χ0v) is 8.51. The molecule has 0 radical (unpaired) electrons. The molecule has 6 heteroatoms. The van der Waals surface area contributed by atoms with Gasteiger partial charge in [0, 0.05) is 37.5 Å². The molecule has 2 saturated heterocycles. The normalized spacial score (nSPS) is 34.3. The molecule has 0 aliphatic carbocycles. The Bertz CT molecular complexity index is 291. The van der Waals surface area contributed by atoms with Crippen LogP contribution in [0.15, 0.2) is 0 Å². The maximum atomic E-state index is 10.8. The van der Waals surface area contributed by atoms with E-state index in [1.807, 2.05) is 6.92 Å². The van der Waals surface area contributed by atoms with E-state index in [0.717, 1.165) is 0 Å². The first-order valence-electron chi connectivity index (χ1n) is 4.88. The van der Waals surface area contributed by atoms with Gasteiger partial charge in [-0.25, -0.2) is 9.59 Å². The molecule has 2 rings (SSSR count). The summed E-state index contributed by atoms with van der Waals surface area (Å²) >= 11 is 0. The molecule has 2 N–H and O–H groups in total. The Balaban J connectivity index is 2.09. The second-order valence-electron chi connectivity index (χ2n) is 4.68. The van der Waals surface area contributed by atoms with Crippen molar-refractivity contribution in [3.8, 4) is 0 Å². The van der Waals surface area contributed by atoms with Gasteiger partial charge in [-0.15, -0.1) is 0 Å². The Morgan fingerprint density at radius 3 is 1.80 bits per heavy atom. The minimum absolute atomic E-state index is 0.143. The fourth-order valence-corrected chi connectivity index (χ4v) is 2.63. The maximum absolute atomic E-state index is 10.8. The van der Waals surface area contributed by atoms with E-state index in [1.54, 1.807) is 0 Å². The fourth-order valence-electron chi connectivity index (χ4n) is 2.63. The molecule has 84 valence electrons. The number of nitrogens with zero attached hydrogens (tertiary/aromatic N) is 2. The summed E-state index contributed by atoms with van der Waals surface area (Å²) in [4.78, 5) is 24.3. The first-order valence-corrected chi connectivity index (χ1v) is 4.88. The van der Waals surface area contributed by atoms with E-state index in [2.05, 4.69) is 0 Å². The van der Waals surface area contributed by atoms with Crippen LogP contribution in [0, 0.1) is 11.3 Å². The predicted octanol–water partition coefficient (Wildman–Crippen LogP) is 0.596. The van der Waals surface area contributed by atoms with Crippen molar-refractivity contribution in [2.45, 2.75) is 6.92 Å². The summed E-state index contributed by atoms with van der Waals surface area (Å²) in [7, 11) is 0. The SMILES string of the molecule is CC12CN(C(=O)O)CC1CN(C(=O)O)C2. The maximum Gasteiger partial charge on any atom is 0.407 e. The van der Waals surface area contributed by atoms with Gasteiger partial charge in [-0.2, -0.15) is 0 Å². The first-order chi connectivity index (χ1) is 6.92. The number of hydrogen-bond acceptors (Lipinski definition) is 2. The van der Waals surface area contributed by atoms with Gasteiger partial charge in [0.15, 0.2) is 0 Å². The summed E-state index contributed by atoms with van der Waals surface area (Å²) in [6, 6.07) is 0. The van der Waals surface area contributed by atoms with E-state index in [-0.39, 0.29) is 11.3 Å². The van der Waals surface area contributed by atoms with Crippen molar-refractivity contribution in [3.63, 3.8) is 0 Å². The zero-order valence-electron chi connectivity index (χ0n) is 8.51. The van der Waals surface area contributed by atoms with Crippen LogP contribution >= 0.6 is 0 Å². The second-order valence-corrected chi connectivity index (χ2v) is 4.68. The quantitative estimate of drug-likeness (QED) is 0.618. The smallest absolute Gasteiger partial charge is 0.407 e. The zero-order chi connectivity index (χ0) is 11.2. The molecule has 0 aromatic rings. The monoisotopic (exact) mass is 214 g/mol. The van der Waals surface area contributed by atoms with E-state index in [4.69, 9.17) is 10.2 Å². The Kier molecular flexibility index (Phi) is 2.02. The van der Waals surface area contributed by atoms with Gasteiger partial charge < -0.3 is 20.0 Å². The summed E-state index contributed by atoms with van der Waals surface area (Å²) in [5.41, 5.74) is -0.198. The lowest BCUT2D eigenvalue weighted by Crippen LogP contribution is -2.36. The van der Waals surface area contributed by atoms with E-state index in [1.165, 1.54) is 9.80 Å². The van der Waals surface area contributed by atoms with Gasteiger partial charge in [-0.3, -0.25) is 0 Å². The molecular weight excluding hydrogens is 200 g/mol. The molecule has 0 saturated carbocycles. The lowest BCUT2D eigenvalue weighted by molar-refractivity contribution is 0.135. The van der Waals surface area contributed by atoms with E-state index in [0.29, 0.717) is 26.2 Å². The number of hydrogen-bond donors (Lipinski definition) is 2.